The predicted octanol–water partition coefficient (Wildman–Crippen LogP) is 2.63. The fourth-order valence-corrected chi connectivity index (χ4v) is 1.84. The Morgan fingerprint density at radius 2 is 2.16 bits per heavy atom. The van der Waals surface area contributed by atoms with Gasteiger partial charge in [-0.05, 0) is 24.3 Å². The zero-order valence-corrected chi connectivity index (χ0v) is 10.1. The third-order valence-corrected chi connectivity index (χ3v) is 2.77. The minimum Gasteiger partial charge on any atom is -0.485 e. The second-order valence-electron chi connectivity index (χ2n) is 4.17. The van der Waals surface area contributed by atoms with Crippen molar-refractivity contribution in [1.82, 2.24) is 9.38 Å². The lowest BCUT2D eigenvalue weighted by molar-refractivity contribution is 0.302. The van der Waals surface area contributed by atoms with Crippen molar-refractivity contribution in [2.45, 2.75) is 6.61 Å². The highest BCUT2D eigenvalue weighted by Crippen LogP contribution is 2.23. The van der Waals surface area contributed by atoms with E-state index in [0.29, 0.717) is 11.4 Å². The standard InChI is InChI=1S/C14H12FN3O/c15-10-4-5-12(16)13(7-10)19-9-11-8-18-6-2-1-3-14(18)17-11/h1-8H,9,16H2. The minimum absolute atomic E-state index is 0.245. The topological polar surface area (TPSA) is 52.5 Å². The highest BCUT2D eigenvalue weighted by atomic mass is 19.1. The number of nitrogen functional groups attached to an aromatic ring is 1. The summed E-state index contributed by atoms with van der Waals surface area (Å²) < 4.78 is 20.5. The van der Waals surface area contributed by atoms with Gasteiger partial charge in [-0.15, -0.1) is 0 Å². The highest BCUT2D eigenvalue weighted by molar-refractivity contribution is 5.52. The van der Waals surface area contributed by atoms with Crippen LogP contribution in [0.4, 0.5) is 10.1 Å². The first-order chi connectivity index (χ1) is 9.22. The quantitative estimate of drug-likeness (QED) is 0.734. The summed E-state index contributed by atoms with van der Waals surface area (Å²) in [6.07, 6.45) is 3.77. The van der Waals surface area contributed by atoms with Crippen LogP contribution >= 0.6 is 0 Å². The van der Waals surface area contributed by atoms with Gasteiger partial charge in [0.2, 0.25) is 0 Å². The van der Waals surface area contributed by atoms with Gasteiger partial charge in [-0.2, -0.15) is 0 Å². The number of fused-ring (bicyclic) bond motifs is 1. The first-order valence-electron chi connectivity index (χ1n) is 5.83. The number of imidazole rings is 1. The normalized spacial score (nSPS) is 10.8. The number of aromatic nitrogens is 2. The Bertz CT molecular complexity index is 691. The van der Waals surface area contributed by atoms with Crippen LogP contribution in [0.1, 0.15) is 5.69 Å². The first kappa shape index (κ1) is 11.5. The molecule has 0 radical (unpaired) electrons. The predicted molar refractivity (Wildman–Crippen MR) is 70.3 cm³/mol. The zero-order valence-electron chi connectivity index (χ0n) is 10.1. The van der Waals surface area contributed by atoms with Gasteiger partial charge in [-0.1, -0.05) is 6.07 Å². The molecule has 0 saturated heterocycles. The van der Waals surface area contributed by atoms with Crippen LogP contribution in [0.15, 0.2) is 48.8 Å². The van der Waals surface area contributed by atoms with Crippen LogP contribution in [0.5, 0.6) is 5.75 Å². The molecule has 5 heteroatoms. The Morgan fingerprint density at radius 3 is 3.00 bits per heavy atom. The Balaban J connectivity index is 1.80. The molecule has 0 spiro atoms. The number of hydrogen-bond donors (Lipinski definition) is 1. The molecule has 0 atom stereocenters. The van der Waals surface area contributed by atoms with Gasteiger partial charge >= 0.3 is 0 Å². The van der Waals surface area contributed by atoms with Crippen LogP contribution in [0.3, 0.4) is 0 Å². The number of anilines is 1. The molecule has 96 valence electrons. The van der Waals surface area contributed by atoms with Crippen LogP contribution in [0, 0.1) is 5.82 Å². The third-order valence-electron chi connectivity index (χ3n) is 2.77. The van der Waals surface area contributed by atoms with E-state index < -0.39 is 0 Å². The molecule has 2 N–H and O–H groups in total. The van der Waals surface area contributed by atoms with Crippen LogP contribution in [-0.4, -0.2) is 9.38 Å². The molecule has 3 rings (SSSR count). The molecule has 0 fully saturated rings. The lowest BCUT2D eigenvalue weighted by Crippen LogP contribution is -1.99. The molecule has 0 saturated carbocycles. The molecule has 0 unspecified atom stereocenters. The van der Waals surface area contributed by atoms with Crippen molar-refractivity contribution in [3.05, 3.63) is 60.3 Å². The Kier molecular flexibility index (Phi) is 2.79. The van der Waals surface area contributed by atoms with E-state index in [1.165, 1.54) is 18.2 Å². The Hall–Kier alpha value is -2.56. The van der Waals surface area contributed by atoms with Crippen molar-refractivity contribution in [3.8, 4) is 5.75 Å². The molecule has 0 bridgehead atoms. The number of hydrogen-bond acceptors (Lipinski definition) is 3. The number of ether oxygens (including phenoxy) is 1. The van der Waals surface area contributed by atoms with Gasteiger partial charge in [0.25, 0.3) is 0 Å². The van der Waals surface area contributed by atoms with E-state index >= 15 is 0 Å². The molecule has 0 aliphatic carbocycles. The molecule has 4 nitrogen and oxygen atoms in total. The molecule has 0 aliphatic rings. The minimum atomic E-state index is -0.376. The summed E-state index contributed by atoms with van der Waals surface area (Å²) in [7, 11) is 0. The van der Waals surface area contributed by atoms with Crippen LogP contribution < -0.4 is 10.5 Å². The van der Waals surface area contributed by atoms with E-state index in [1.54, 1.807) is 0 Å². The number of halogens is 1. The van der Waals surface area contributed by atoms with Gasteiger partial charge in [0.15, 0.2) is 0 Å². The van der Waals surface area contributed by atoms with Crippen LogP contribution in [-0.2, 0) is 6.61 Å². The fraction of sp³-hybridized carbons (Fsp3) is 0.0714. The van der Waals surface area contributed by atoms with E-state index in [4.69, 9.17) is 10.5 Å². The highest BCUT2D eigenvalue weighted by Gasteiger charge is 2.05. The van der Waals surface area contributed by atoms with Crippen molar-refractivity contribution < 1.29 is 9.13 Å². The molecule has 1 aromatic carbocycles. The van der Waals surface area contributed by atoms with Gasteiger partial charge in [-0.25, -0.2) is 9.37 Å². The van der Waals surface area contributed by atoms with Gasteiger partial charge in [0, 0.05) is 18.5 Å². The van der Waals surface area contributed by atoms with Crippen LogP contribution in [0.2, 0.25) is 0 Å². The number of nitrogens with zero attached hydrogens (tertiary/aromatic N) is 2. The van der Waals surface area contributed by atoms with Crippen molar-refractivity contribution in [3.63, 3.8) is 0 Å². The van der Waals surface area contributed by atoms with E-state index in [9.17, 15) is 4.39 Å². The summed E-state index contributed by atoms with van der Waals surface area (Å²) in [6, 6.07) is 9.79. The van der Waals surface area contributed by atoms with E-state index in [0.717, 1.165) is 11.3 Å². The SMILES string of the molecule is Nc1ccc(F)cc1OCc1cn2ccccc2n1. The molecular weight excluding hydrogens is 245 g/mol. The Labute approximate surface area is 109 Å². The average Bonchev–Trinajstić information content (AvgIpc) is 2.82. The number of benzene rings is 1. The summed E-state index contributed by atoms with van der Waals surface area (Å²) in [6.45, 7) is 0.245. The first-order valence-corrected chi connectivity index (χ1v) is 5.83. The second-order valence-corrected chi connectivity index (χ2v) is 4.17. The van der Waals surface area contributed by atoms with Crippen molar-refractivity contribution >= 4 is 11.3 Å². The molecule has 2 heterocycles. The lowest BCUT2D eigenvalue weighted by Gasteiger charge is -2.06. The molecular formula is C14H12FN3O. The van der Waals surface area contributed by atoms with E-state index in [-0.39, 0.29) is 12.4 Å². The van der Waals surface area contributed by atoms with Crippen molar-refractivity contribution in [1.29, 1.82) is 0 Å². The molecule has 2 aromatic heterocycles. The number of pyridine rings is 1. The van der Waals surface area contributed by atoms with E-state index in [2.05, 4.69) is 4.98 Å². The molecule has 3 aromatic rings. The maximum atomic E-state index is 13.1. The summed E-state index contributed by atoms with van der Waals surface area (Å²) >= 11 is 0. The van der Waals surface area contributed by atoms with Crippen LogP contribution in [0.25, 0.3) is 5.65 Å². The molecule has 19 heavy (non-hydrogen) atoms. The average molecular weight is 257 g/mol. The summed E-state index contributed by atoms with van der Waals surface area (Å²) in [5.74, 6) is -0.0451. The van der Waals surface area contributed by atoms with Gasteiger partial charge < -0.3 is 14.9 Å². The summed E-state index contributed by atoms with van der Waals surface area (Å²) in [5, 5.41) is 0. The third kappa shape index (κ3) is 2.35. The maximum Gasteiger partial charge on any atom is 0.145 e. The number of rotatable bonds is 3. The fourth-order valence-electron chi connectivity index (χ4n) is 1.84. The number of nitrogens with two attached hydrogens (primary N) is 1. The van der Waals surface area contributed by atoms with Crippen molar-refractivity contribution in [2.75, 3.05) is 5.73 Å². The summed E-state index contributed by atoms with van der Waals surface area (Å²) in [4.78, 5) is 4.38. The smallest absolute Gasteiger partial charge is 0.145 e. The monoisotopic (exact) mass is 257 g/mol. The Morgan fingerprint density at radius 1 is 1.26 bits per heavy atom. The van der Waals surface area contributed by atoms with Crippen molar-refractivity contribution in [2.24, 2.45) is 0 Å². The lowest BCUT2D eigenvalue weighted by atomic mass is 10.3. The molecule has 0 aliphatic heterocycles. The van der Waals surface area contributed by atoms with Gasteiger partial charge in [0.1, 0.15) is 23.8 Å². The summed E-state index contributed by atoms with van der Waals surface area (Å²) in [5.41, 5.74) is 7.72. The zero-order chi connectivity index (χ0) is 13.2. The van der Waals surface area contributed by atoms with Gasteiger partial charge in [0.05, 0.1) is 11.4 Å². The second kappa shape index (κ2) is 4.61. The maximum absolute atomic E-state index is 13.1. The largest absolute Gasteiger partial charge is 0.485 e. The molecule has 0 amide bonds. The van der Waals surface area contributed by atoms with E-state index in [1.807, 2.05) is 35.0 Å². The van der Waals surface area contributed by atoms with Gasteiger partial charge in [-0.3, -0.25) is 0 Å².